The average molecular weight is 313 g/mol. The van der Waals surface area contributed by atoms with Gasteiger partial charge < -0.3 is 10.6 Å². The molecule has 20 heavy (non-hydrogen) atoms. The van der Waals surface area contributed by atoms with Crippen LogP contribution in [0.3, 0.4) is 0 Å². The van der Waals surface area contributed by atoms with Crippen LogP contribution in [0.1, 0.15) is 4.88 Å². The number of hydrogen-bond donors (Lipinski definition) is 2. The molecule has 2 amide bonds. The fraction of sp³-hybridized carbons (Fsp3) is 0.0769. The molecule has 0 saturated carbocycles. The number of anilines is 1. The van der Waals surface area contributed by atoms with Crippen molar-refractivity contribution in [2.45, 2.75) is 6.54 Å². The van der Waals surface area contributed by atoms with Crippen molar-refractivity contribution in [2.24, 2.45) is 0 Å². The zero-order valence-electron chi connectivity index (χ0n) is 10.2. The number of thiophene rings is 1. The molecule has 2 N–H and O–H groups in total. The number of carbonyl (C=O) groups is 2. The molecular weight excluding hydrogens is 303 g/mol. The molecule has 0 spiro atoms. The fourth-order valence-corrected chi connectivity index (χ4v) is 2.23. The van der Waals surface area contributed by atoms with Crippen LogP contribution in [0, 0.1) is 5.82 Å². The van der Waals surface area contributed by atoms with Crippen molar-refractivity contribution in [1.82, 2.24) is 5.32 Å². The van der Waals surface area contributed by atoms with Gasteiger partial charge in [-0.25, -0.2) is 4.39 Å². The first-order chi connectivity index (χ1) is 9.56. The second-order valence-electron chi connectivity index (χ2n) is 3.84. The summed E-state index contributed by atoms with van der Waals surface area (Å²) in [6.45, 7) is 0.257. The minimum atomic E-state index is -0.928. The monoisotopic (exact) mass is 312 g/mol. The van der Waals surface area contributed by atoms with E-state index in [1.54, 1.807) is 0 Å². The van der Waals surface area contributed by atoms with Gasteiger partial charge in [-0.2, -0.15) is 0 Å². The SMILES string of the molecule is O=C(NCc1cccs1)C(=O)Nc1ccc(Cl)cc1F. The molecule has 1 aromatic heterocycles. The summed E-state index contributed by atoms with van der Waals surface area (Å²) < 4.78 is 13.5. The number of halogens is 2. The Labute approximate surface area is 123 Å². The van der Waals surface area contributed by atoms with Crippen molar-refractivity contribution >= 4 is 40.4 Å². The molecular formula is C13H10ClFN2O2S. The molecule has 0 atom stereocenters. The Bertz CT molecular complexity index is 631. The Balaban J connectivity index is 1.92. The summed E-state index contributed by atoms with van der Waals surface area (Å²) in [5, 5.41) is 6.71. The Morgan fingerprint density at radius 1 is 1.25 bits per heavy atom. The van der Waals surface area contributed by atoms with E-state index >= 15 is 0 Å². The second-order valence-corrected chi connectivity index (χ2v) is 5.31. The number of carbonyl (C=O) groups excluding carboxylic acids is 2. The molecule has 0 aliphatic heterocycles. The third kappa shape index (κ3) is 3.79. The highest BCUT2D eigenvalue weighted by molar-refractivity contribution is 7.09. The third-order valence-electron chi connectivity index (χ3n) is 2.39. The maximum atomic E-state index is 13.5. The second kappa shape index (κ2) is 6.49. The van der Waals surface area contributed by atoms with Gasteiger partial charge in [-0.3, -0.25) is 9.59 Å². The normalized spacial score (nSPS) is 10.1. The van der Waals surface area contributed by atoms with E-state index in [0.29, 0.717) is 0 Å². The quantitative estimate of drug-likeness (QED) is 0.856. The van der Waals surface area contributed by atoms with Crippen LogP contribution in [0.15, 0.2) is 35.7 Å². The van der Waals surface area contributed by atoms with E-state index in [4.69, 9.17) is 11.6 Å². The van der Waals surface area contributed by atoms with Gasteiger partial charge in [-0.15, -0.1) is 11.3 Å². The van der Waals surface area contributed by atoms with E-state index in [9.17, 15) is 14.0 Å². The highest BCUT2D eigenvalue weighted by Gasteiger charge is 2.15. The van der Waals surface area contributed by atoms with E-state index in [2.05, 4.69) is 10.6 Å². The molecule has 2 aromatic rings. The van der Waals surface area contributed by atoms with Crippen molar-refractivity contribution in [2.75, 3.05) is 5.32 Å². The molecule has 0 bridgehead atoms. The van der Waals surface area contributed by atoms with Crippen molar-refractivity contribution in [3.8, 4) is 0 Å². The van der Waals surface area contributed by atoms with Crippen LogP contribution in [-0.2, 0) is 16.1 Å². The van der Waals surface area contributed by atoms with Gasteiger partial charge in [0.15, 0.2) is 0 Å². The summed E-state index contributed by atoms with van der Waals surface area (Å²) in [6.07, 6.45) is 0. The van der Waals surface area contributed by atoms with Crippen LogP contribution >= 0.6 is 22.9 Å². The van der Waals surface area contributed by atoms with Crippen LogP contribution < -0.4 is 10.6 Å². The summed E-state index contributed by atoms with van der Waals surface area (Å²) in [4.78, 5) is 24.1. The highest BCUT2D eigenvalue weighted by Crippen LogP contribution is 2.18. The predicted molar refractivity (Wildman–Crippen MR) is 76.2 cm³/mol. The lowest BCUT2D eigenvalue weighted by molar-refractivity contribution is -0.136. The van der Waals surface area contributed by atoms with Gasteiger partial charge in [0.2, 0.25) is 0 Å². The van der Waals surface area contributed by atoms with Crippen LogP contribution in [0.4, 0.5) is 10.1 Å². The molecule has 104 valence electrons. The van der Waals surface area contributed by atoms with Crippen molar-refractivity contribution in [3.05, 3.63) is 51.4 Å². The Morgan fingerprint density at radius 3 is 2.70 bits per heavy atom. The van der Waals surface area contributed by atoms with E-state index in [0.717, 1.165) is 10.9 Å². The Morgan fingerprint density at radius 2 is 2.05 bits per heavy atom. The minimum Gasteiger partial charge on any atom is -0.343 e. The van der Waals surface area contributed by atoms with Gasteiger partial charge in [0.25, 0.3) is 0 Å². The number of amides is 2. The number of hydrogen-bond acceptors (Lipinski definition) is 3. The third-order valence-corrected chi connectivity index (χ3v) is 3.50. The molecule has 0 fully saturated rings. The molecule has 1 heterocycles. The van der Waals surface area contributed by atoms with Crippen LogP contribution in [-0.4, -0.2) is 11.8 Å². The van der Waals surface area contributed by atoms with Crippen molar-refractivity contribution in [1.29, 1.82) is 0 Å². The van der Waals surface area contributed by atoms with E-state index < -0.39 is 17.6 Å². The van der Waals surface area contributed by atoms with Gasteiger partial charge in [-0.05, 0) is 29.6 Å². The lowest BCUT2D eigenvalue weighted by atomic mass is 10.3. The molecule has 0 radical (unpaired) electrons. The molecule has 2 rings (SSSR count). The topological polar surface area (TPSA) is 58.2 Å². The molecule has 0 aliphatic carbocycles. The van der Waals surface area contributed by atoms with Crippen LogP contribution in [0.2, 0.25) is 5.02 Å². The molecule has 1 aromatic carbocycles. The molecule has 7 heteroatoms. The summed E-state index contributed by atoms with van der Waals surface area (Å²) in [6, 6.07) is 7.45. The highest BCUT2D eigenvalue weighted by atomic mass is 35.5. The molecule has 0 saturated heterocycles. The van der Waals surface area contributed by atoms with E-state index in [1.165, 1.54) is 23.5 Å². The zero-order chi connectivity index (χ0) is 14.5. The Hall–Kier alpha value is -1.92. The average Bonchev–Trinajstić information content (AvgIpc) is 2.92. The van der Waals surface area contributed by atoms with Crippen molar-refractivity contribution in [3.63, 3.8) is 0 Å². The van der Waals surface area contributed by atoms with E-state index in [1.807, 2.05) is 17.5 Å². The lowest BCUT2D eigenvalue weighted by Crippen LogP contribution is -2.35. The van der Waals surface area contributed by atoms with Gasteiger partial charge in [0.1, 0.15) is 5.82 Å². The minimum absolute atomic E-state index is 0.0920. The van der Waals surface area contributed by atoms with Gasteiger partial charge in [0, 0.05) is 9.90 Å². The van der Waals surface area contributed by atoms with Crippen molar-refractivity contribution < 1.29 is 14.0 Å². The molecule has 0 unspecified atom stereocenters. The zero-order valence-corrected chi connectivity index (χ0v) is 11.7. The summed E-state index contributed by atoms with van der Waals surface area (Å²) in [5.41, 5.74) is -0.0920. The van der Waals surface area contributed by atoms with Gasteiger partial charge in [-0.1, -0.05) is 17.7 Å². The summed E-state index contributed by atoms with van der Waals surface area (Å²) >= 11 is 7.06. The first-order valence-corrected chi connectivity index (χ1v) is 6.88. The van der Waals surface area contributed by atoms with Crippen LogP contribution in [0.25, 0.3) is 0 Å². The largest absolute Gasteiger partial charge is 0.343 e. The predicted octanol–water partition coefficient (Wildman–Crippen LogP) is 2.80. The smallest absolute Gasteiger partial charge is 0.313 e. The first kappa shape index (κ1) is 14.5. The van der Waals surface area contributed by atoms with Crippen LogP contribution in [0.5, 0.6) is 0 Å². The molecule has 4 nitrogen and oxygen atoms in total. The maximum Gasteiger partial charge on any atom is 0.313 e. The molecule has 0 aliphatic rings. The standard InChI is InChI=1S/C13H10ClFN2O2S/c14-8-3-4-11(10(15)6-8)17-13(19)12(18)16-7-9-2-1-5-20-9/h1-6H,7H2,(H,16,18)(H,17,19). The van der Waals surface area contributed by atoms with Gasteiger partial charge >= 0.3 is 11.8 Å². The number of benzene rings is 1. The first-order valence-electron chi connectivity index (χ1n) is 5.63. The summed E-state index contributed by atoms with van der Waals surface area (Å²) in [7, 11) is 0. The number of nitrogens with one attached hydrogen (secondary N) is 2. The van der Waals surface area contributed by atoms with E-state index in [-0.39, 0.29) is 17.3 Å². The number of rotatable bonds is 3. The summed E-state index contributed by atoms with van der Waals surface area (Å²) in [5.74, 6) is -2.45. The maximum absolute atomic E-state index is 13.5. The fourth-order valence-electron chi connectivity index (χ4n) is 1.43. The lowest BCUT2D eigenvalue weighted by Gasteiger charge is -2.06. The van der Waals surface area contributed by atoms with Gasteiger partial charge in [0.05, 0.1) is 12.2 Å². The Kier molecular flexibility index (Phi) is 4.70.